The molecule has 0 amide bonds. The molecule has 0 saturated carbocycles. The van der Waals surface area contributed by atoms with E-state index in [-0.39, 0.29) is 12.3 Å². The molecule has 0 spiro atoms. The average molecular weight is 374 g/mol. The van der Waals surface area contributed by atoms with Crippen molar-refractivity contribution in [2.45, 2.75) is 33.0 Å². The molecule has 5 nitrogen and oxygen atoms in total. The van der Waals surface area contributed by atoms with E-state index in [0.717, 1.165) is 25.1 Å². The van der Waals surface area contributed by atoms with Crippen molar-refractivity contribution in [2.24, 2.45) is 4.99 Å². The van der Waals surface area contributed by atoms with Crippen molar-refractivity contribution in [3.05, 3.63) is 29.3 Å². The van der Waals surface area contributed by atoms with Crippen LogP contribution in [0.5, 0.6) is 5.75 Å². The highest BCUT2D eigenvalue weighted by Gasteiger charge is 2.28. The average Bonchev–Trinajstić information content (AvgIpc) is 2.54. The number of ether oxygens (including phenoxy) is 1. The van der Waals surface area contributed by atoms with Crippen LogP contribution in [0.4, 0.5) is 13.2 Å². The first-order valence-electron chi connectivity index (χ1n) is 8.67. The summed E-state index contributed by atoms with van der Waals surface area (Å²) in [5, 5.41) is 6.36. The summed E-state index contributed by atoms with van der Waals surface area (Å²) >= 11 is 0. The summed E-state index contributed by atoms with van der Waals surface area (Å²) < 4.78 is 42.3. The first-order chi connectivity index (χ1) is 12.2. The lowest BCUT2D eigenvalue weighted by atomic mass is 10.1. The molecule has 0 bridgehead atoms. The molecular formula is C18H29F3N4O. The third-order valence-corrected chi connectivity index (χ3v) is 3.44. The van der Waals surface area contributed by atoms with E-state index in [1.54, 1.807) is 12.1 Å². The van der Waals surface area contributed by atoms with Crippen molar-refractivity contribution in [1.82, 2.24) is 15.5 Å². The Labute approximate surface area is 153 Å². The fourth-order valence-electron chi connectivity index (χ4n) is 2.19. The van der Waals surface area contributed by atoms with Gasteiger partial charge in [-0.1, -0.05) is 12.1 Å². The largest absolute Gasteiger partial charge is 0.484 e. The number of halogens is 3. The highest BCUT2D eigenvalue weighted by Crippen LogP contribution is 2.24. The minimum absolute atomic E-state index is 0.217. The van der Waals surface area contributed by atoms with Crippen LogP contribution in [-0.4, -0.2) is 57.4 Å². The molecule has 0 atom stereocenters. The second-order valence-corrected chi connectivity index (χ2v) is 6.29. The molecule has 148 valence electrons. The van der Waals surface area contributed by atoms with Gasteiger partial charge in [-0.3, -0.25) is 0 Å². The van der Waals surface area contributed by atoms with Crippen LogP contribution in [0.3, 0.4) is 0 Å². The number of hydrogen-bond acceptors (Lipinski definition) is 3. The van der Waals surface area contributed by atoms with E-state index in [1.807, 2.05) is 34.0 Å². The minimum Gasteiger partial charge on any atom is -0.484 e. The van der Waals surface area contributed by atoms with Gasteiger partial charge >= 0.3 is 6.18 Å². The lowest BCUT2D eigenvalue weighted by Crippen LogP contribution is -2.38. The lowest BCUT2D eigenvalue weighted by Gasteiger charge is -2.15. The molecule has 0 aliphatic rings. The fraction of sp³-hybridized carbons (Fsp3) is 0.611. The van der Waals surface area contributed by atoms with Crippen molar-refractivity contribution in [3.63, 3.8) is 0 Å². The molecule has 0 aromatic heterocycles. The maximum Gasteiger partial charge on any atom is 0.422 e. The molecule has 0 fully saturated rings. The molecular weight excluding hydrogens is 345 g/mol. The van der Waals surface area contributed by atoms with Gasteiger partial charge in [-0.15, -0.1) is 0 Å². The zero-order valence-electron chi connectivity index (χ0n) is 15.9. The topological polar surface area (TPSA) is 48.9 Å². The normalized spacial score (nSPS) is 12.4. The van der Waals surface area contributed by atoms with Gasteiger partial charge in [0.2, 0.25) is 0 Å². The fourth-order valence-corrected chi connectivity index (χ4v) is 2.19. The molecule has 0 aliphatic heterocycles. The molecule has 0 saturated heterocycles. The molecule has 26 heavy (non-hydrogen) atoms. The van der Waals surface area contributed by atoms with Crippen molar-refractivity contribution < 1.29 is 17.9 Å². The molecule has 2 N–H and O–H groups in total. The van der Waals surface area contributed by atoms with Crippen LogP contribution in [0, 0.1) is 6.92 Å². The van der Waals surface area contributed by atoms with Crippen LogP contribution in [0.15, 0.2) is 23.2 Å². The van der Waals surface area contributed by atoms with Crippen LogP contribution in [0.2, 0.25) is 0 Å². The van der Waals surface area contributed by atoms with Gasteiger partial charge in [0.15, 0.2) is 12.6 Å². The molecule has 1 rings (SSSR count). The number of aryl methyl sites for hydroxylation is 1. The summed E-state index contributed by atoms with van der Waals surface area (Å²) in [5.74, 6) is 0.850. The van der Waals surface area contributed by atoms with E-state index in [2.05, 4.69) is 20.5 Å². The summed E-state index contributed by atoms with van der Waals surface area (Å²) in [6.07, 6.45) is -3.41. The van der Waals surface area contributed by atoms with Crippen molar-refractivity contribution >= 4 is 5.96 Å². The Balaban J connectivity index is 2.74. The maximum atomic E-state index is 12.4. The third kappa shape index (κ3) is 9.50. The van der Waals surface area contributed by atoms with Crippen molar-refractivity contribution in [2.75, 3.05) is 40.3 Å². The molecule has 0 aliphatic carbocycles. The first-order valence-corrected chi connectivity index (χ1v) is 8.67. The van der Waals surface area contributed by atoms with Crippen LogP contribution in [0.1, 0.15) is 24.5 Å². The predicted octanol–water partition coefficient (Wildman–Crippen LogP) is 2.94. The summed E-state index contributed by atoms with van der Waals surface area (Å²) in [4.78, 5) is 6.55. The van der Waals surface area contributed by atoms with E-state index in [4.69, 9.17) is 4.74 Å². The molecule has 8 heteroatoms. The van der Waals surface area contributed by atoms with E-state index in [0.29, 0.717) is 18.1 Å². The highest BCUT2D eigenvalue weighted by atomic mass is 19.4. The number of nitrogens with zero attached hydrogens (tertiary/aromatic N) is 2. The number of guanidine groups is 1. The quantitative estimate of drug-likeness (QED) is 0.396. The second-order valence-electron chi connectivity index (χ2n) is 6.29. The molecule has 1 aromatic carbocycles. The van der Waals surface area contributed by atoms with E-state index in [9.17, 15) is 13.2 Å². The monoisotopic (exact) mass is 374 g/mol. The number of hydrogen-bond donors (Lipinski definition) is 2. The molecule has 0 unspecified atom stereocenters. The molecule has 0 radical (unpaired) electrons. The van der Waals surface area contributed by atoms with Gasteiger partial charge < -0.3 is 20.3 Å². The Kier molecular flexibility index (Phi) is 9.26. The number of aliphatic imine (C=N–C) groups is 1. The van der Waals surface area contributed by atoms with Crippen LogP contribution in [0.25, 0.3) is 0 Å². The van der Waals surface area contributed by atoms with E-state index in [1.165, 1.54) is 0 Å². The van der Waals surface area contributed by atoms with E-state index >= 15 is 0 Å². The SMILES string of the molecule is CCNC(=NCc1ccc(C)cc1OCC(F)(F)F)NCCCN(C)C. The number of rotatable bonds is 9. The lowest BCUT2D eigenvalue weighted by molar-refractivity contribution is -0.153. The van der Waals surface area contributed by atoms with Crippen molar-refractivity contribution in [3.8, 4) is 5.75 Å². The zero-order chi connectivity index (χ0) is 19.6. The highest BCUT2D eigenvalue weighted by molar-refractivity contribution is 5.79. The second kappa shape index (κ2) is 10.9. The van der Waals surface area contributed by atoms with Gasteiger partial charge in [0.1, 0.15) is 5.75 Å². The van der Waals surface area contributed by atoms with Gasteiger partial charge in [0, 0.05) is 18.7 Å². The van der Waals surface area contributed by atoms with Crippen LogP contribution >= 0.6 is 0 Å². The summed E-state index contributed by atoms with van der Waals surface area (Å²) in [6.45, 7) is 5.11. The Morgan fingerprint density at radius 3 is 2.58 bits per heavy atom. The Morgan fingerprint density at radius 2 is 1.96 bits per heavy atom. The van der Waals surface area contributed by atoms with Gasteiger partial charge in [-0.25, -0.2) is 4.99 Å². The van der Waals surface area contributed by atoms with Crippen molar-refractivity contribution in [1.29, 1.82) is 0 Å². The Bertz CT molecular complexity index is 574. The minimum atomic E-state index is -4.37. The third-order valence-electron chi connectivity index (χ3n) is 3.44. The summed E-state index contributed by atoms with van der Waals surface area (Å²) in [7, 11) is 4.03. The number of benzene rings is 1. The standard InChI is InChI=1S/C18H29F3N4O/c1-5-22-17(23-9-6-10-25(3)4)24-12-15-8-7-14(2)11-16(15)26-13-18(19,20)21/h7-8,11H,5-6,9-10,12-13H2,1-4H3,(H2,22,23,24). The molecule has 1 aromatic rings. The maximum absolute atomic E-state index is 12.4. The van der Waals surface area contributed by atoms with E-state index < -0.39 is 12.8 Å². The van der Waals surface area contributed by atoms with Gasteiger partial charge in [0.25, 0.3) is 0 Å². The number of nitrogens with one attached hydrogen (secondary N) is 2. The van der Waals surface area contributed by atoms with Gasteiger partial charge in [-0.2, -0.15) is 13.2 Å². The first kappa shape index (κ1) is 22.1. The summed E-state index contributed by atoms with van der Waals surface area (Å²) in [6, 6.07) is 5.19. The number of alkyl halides is 3. The van der Waals surface area contributed by atoms with Crippen LogP contribution < -0.4 is 15.4 Å². The Morgan fingerprint density at radius 1 is 1.23 bits per heavy atom. The molecule has 0 heterocycles. The predicted molar refractivity (Wildman–Crippen MR) is 98.7 cm³/mol. The zero-order valence-corrected chi connectivity index (χ0v) is 15.9. The van der Waals surface area contributed by atoms with Gasteiger partial charge in [0.05, 0.1) is 6.54 Å². The van der Waals surface area contributed by atoms with Gasteiger partial charge in [-0.05, 0) is 52.5 Å². The van der Waals surface area contributed by atoms with Crippen LogP contribution in [-0.2, 0) is 6.54 Å². The Hall–Kier alpha value is -1.96. The summed E-state index contributed by atoms with van der Waals surface area (Å²) in [5.41, 5.74) is 1.45. The smallest absolute Gasteiger partial charge is 0.422 e.